The standard InChI is InChI=1S/C3H5NS.Cu/c1-2-5-3-4-1;/h3H,1-2H2;. The molecule has 0 aromatic rings. The van der Waals surface area contributed by atoms with E-state index in [1.54, 1.807) is 11.8 Å². The maximum atomic E-state index is 3.92. The van der Waals surface area contributed by atoms with E-state index in [2.05, 4.69) is 4.99 Å². The van der Waals surface area contributed by atoms with Crippen LogP contribution in [0.3, 0.4) is 0 Å². The van der Waals surface area contributed by atoms with Crippen LogP contribution in [0.15, 0.2) is 4.99 Å². The number of thioether (sulfide) groups is 1. The van der Waals surface area contributed by atoms with Gasteiger partial charge in [0.15, 0.2) is 0 Å². The van der Waals surface area contributed by atoms with E-state index in [-0.39, 0.29) is 17.1 Å². The molecule has 1 rings (SSSR count). The van der Waals surface area contributed by atoms with Crippen molar-refractivity contribution in [3.05, 3.63) is 0 Å². The van der Waals surface area contributed by atoms with Gasteiger partial charge in [-0.05, 0) is 0 Å². The van der Waals surface area contributed by atoms with Crippen molar-refractivity contribution in [1.82, 2.24) is 0 Å². The van der Waals surface area contributed by atoms with Crippen molar-refractivity contribution in [3.8, 4) is 0 Å². The van der Waals surface area contributed by atoms with Gasteiger partial charge in [-0.2, -0.15) is 0 Å². The van der Waals surface area contributed by atoms with Crippen LogP contribution in [0.5, 0.6) is 0 Å². The second kappa shape index (κ2) is 3.72. The molecule has 0 N–H and O–H groups in total. The van der Waals surface area contributed by atoms with Crippen molar-refractivity contribution < 1.29 is 17.1 Å². The molecule has 0 bridgehead atoms. The van der Waals surface area contributed by atoms with Crippen LogP contribution in [-0.4, -0.2) is 17.8 Å². The van der Waals surface area contributed by atoms with Gasteiger partial charge in [-0.1, -0.05) is 0 Å². The van der Waals surface area contributed by atoms with E-state index in [1.807, 2.05) is 5.55 Å². The molecule has 1 aliphatic rings. The molecule has 0 saturated carbocycles. The Labute approximate surface area is 52.1 Å². The van der Waals surface area contributed by atoms with Gasteiger partial charge in [0.2, 0.25) is 0 Å². The van der Waals surface area contributed by atoms with Crippen LogP contribution in [0.4, 0.5) is 0 Å². The van der Waals surface area contributed by atoms with E-state index in [9.17, 15) is 0 Å². The van der Waals surface area contributed by atoms with Crippen molar-refractivity contribution in [2.45, 2.75) is 0 Å². The van der Waals surface area contributed by atoms with Gasteiger partial charge < -0.3 is 0 Å². The van der Waals surface area contributed by atoms with Crippen molar-refractivity contribution in [3.63, 3.8) is 0 Å². The van der Waals surface area contributed by atoms with E-state index in [0.29, 0.717) is 0 Å². The fourth-order valence-corrected chi connectivity index (χ4v) is 0.791. The molecule has 1 aliphatic heterocycles. The number of aliphatic imine (C=N–C) groups is 1. The third-order valence-corrected chi connectivity index (χ3v) is 1.20. The Bertz CT molecular complexity index is 48.8. The zero-order valence-corrected chi connectivity index (χ0v) is 4.91. The molecule has 0 amide bonds. The van der Waals surface area contributed by atoms with Crippen LogP contribution in [0.25, 0.3) is 0 Å². The Morgan fingerprint density at radius 3 is 2.67 bits per heavy atom. The van der Waals surface area contributed by atoms with Gasteiger partial charge >= 0.3 is 0 Å². The molecule has 0 saturated heterocycles. The minimum atomic E-state index is 0. The van der Waals surface area contributed by atoms with Crippen molar-refractivity contribution in [2.75, 3.05) is 12.3 Å². The minimum absolute atomic E-state index is 0. The van der Waals surface area contributed by atoms with Crippen molar-refractivity contribution in [2.24, 2.45) is 4.99 Å². The normalized spacial score (nSPS) is 17.3. The summed E-state index contributed by atoms with van der Waals surface area (Å²) in [6.07, 6.45) is 0. The number of rotatable bonds is 0. The molecule has 1 radical (unpaired) electrons. The molecule has 0 atom stereocenters. The van der Waals surface area contributed by atoms with Gasteiger partial charge in [0.05, 0.1) is 5.55 Å². The van der Waals surface area contributed by atoms with E-state index < -0.39 is 0 Å². The SMILES string of the molecule is C1=NCCS1.[Cu]. The van der Waals surface area contributed by atoms with Gasteiger partial charge in [-0.25, -0.2) is 0 Å². The van der Waals surface area contributed by atoms with Crippen LogP contribution in [0.2, 0.25) is 0 Å². The van der Waals surface area contributed by atoms with E-state index in [0.717, 1.165) is 6.54 Å². The molecule has 1 heterocycles. The molecular weight excluding hydrogens is 146 g/mol. The number of nitrogens with zero attached hydrogens (tertiary/aromatic N) is 1. The Balaban J connectivity index is 0.000000250. The van der Waals surface area contributed by atoms with Crippen LogP contribution in [0.1, 0.15) is 0 Å². The molecule has 0 spiro atoms. The van der Waals surface area contributed by atoms with E-state index >= 15 is 0 Å². The Kier molecular flexibility index (Phi) is 4.05. The average molecular weight is 151 g/mol. The third kappa shape index (κ3) is 1.85. The Hall–Kier alpha value is 0.539. The molecular formula is C3H5CuNS. The summed E-state index contributed by atoms with van der Waals surface area (Å²) in [6.45, 7) is 1.03. The monoisotopic (exact) mass is 150 g/mol. The van der Waals surface area contributed by atoms with Gasteiger partial charge in [0.1, 0.15) is 0 Å². The van der Waals surface area contributed by atoms with Gasteiger partial charge in [-0.3, -0.25) is 4.99 Å². The van der Waals surface area contributed by atoms with Crippen molar-refractivity contribution >= 4 is 17.3 Å². The Morgan fingerprint density at radius 2 is 2.50 bits per heavy atom. The first-order chi connectivity index (χ1) is 2.50. The van der Waals surface area contributed by atoms with Crippen LogP contribution < -0.4 is 0 Å². The molecule has 3 heteroatoms. The maximum absolute atomic E-state index is 3.92. The minimum Gasteiger partial charge on any atom is -0.285 e. The first-order valence-corrected chi connectivity index (χ1v) is 2.65. The summed E-state index contributed by atoms with van der Waals surface area (Å²) < 4.78 is 0. The second-order valence-corrected chi connectivity index (χ2v) is 1.83. The summed E-state index contributed by atoms with van der Waals surface area (Å²) in [5.41, 5.74) is 1.90. The average Bonchev–Trinajstić information content (AvgIpc) is 1.76. The first-order valence-electron chi connectivity index (χ1n) is 1.60. The topological polar surface area (TPSA) is 12.4 Å². The predicted octanol–water partition coefficient (Wildman–Crippen LogP) is 0.759. The van der Waals surface area contributed by atoms with Gasteiger partial charge in [0.25, 0.3) is 0 Å². The zero-order chi connectivity index (χ0) is 3.54. The summed E-state index contributed by atoms with van der Waals surface area (Å²) in [7, 11) is 0. The summed E-state index contributed by atoms with van der Waals surface area (Å²) >= 11 is 1.78. The van der Waals surface area contributed by atoms with Crippen LogP contribution in [-0.2, 0) is 17.1 Å². The maximum Gasteiger partial charge on any atom is 0.0542 e. The van der Waals surface area contributed by atoms with Crippen LogP contribution >= 0.6 is 11.8 Å². The van der Waals surface area contributed by atoms with Crippen molar-refractivity contribution in [1.29, 1.82) is 0 Å². The summed E-state index contributed by atoms with van der Waals surface area (Å²) in [5, 5.41) is 0. The van der Waals surface area contributed by atoms with Crippen LogP contribution in [0, 0.1) is 0 Å². The quantitative estimate of drug-likeness (QED) is 0.465. The summed E-state index contributed by atoms with van der Waals surface area (Å²) in [6, 6.07) is 0. The molecule has 1 nitrogen and oxygen atoms in total. The third-order valence-electron chi connectivity index (χ3n) is 0.487. The fourth-order valence-electron chi connectivity index (χ4n) is 0.264. The smallest absolute Gasteiger partial charge is 0.0542 e. The van der Waals surface area contributed by atoms with Gasteiger partial charge in [-0.15, -0.1) is 11.8 Å². The Morgan fingerprint density at radius 1 is 1.67 bits per heavy atom. The fraction of sp³-hybridized carbons (Fsp3) is 0.667. The largest absolute Gasteiger partial charge is 0.285 e. The first kappa shape index (κ1) is 6.54. The molecule has 39 valence electrons. The summed E-state index contributed by atoms with van der Waals surface area (Å²) in [4.78, 5) is 3.92. The number of hydrogen-bond donors (Lipinski definition) is 0. The predicted molar refractivity (Wildman–Crippen MR) is 25.8 cm³/mol. The zero-order valence-electron chi connectivity index (χ0n) is 3.15. The second-order valence-electron chi connectivity index (χ2n) is 0.882. The molecule has 0 unspecified atom stereocenters. The molecule has 6 heavy (non-hydrogen) atoms. The molecule has 0 aliphatic carbocycles. The number of hydrogen-bond acceptors (Lipinski definition) is 2. The molecule has 0 aromatic carbocycles. The van der Waals surface area contributed by atoms with E-state index in [4.69, 9.17) is 0 Å². The van der Waals surface area contributed by atoms with Gasteiger partial charge in [0, 0.05) is 29.4 Å². The molecule has 0 aromatic heterocycles. The summed E-state index contributed by atoms with van der Waals surface area (Å²) in [5.74, 6) is 1.19. The van der Waals surface area contributed by atoms with E-state index in [1.165, 1.54) is 5.75 Å². The molecule has 0 fully saturated rings.